The maximum absolute atomic E-state index is 13.0. The first kappa shape index (κ1) is 22.0. The Labute approximate surface area is 187 Å². The minimum atomic E-state index is -0.345. The van der Waals surface area contributed by atoms with Crippen molar-refractivity contribution in [3.63, 3.8) is 0 Å². The lowest BCUT2D eigenvalue weighted by Crippen LogP contribution is -2.43. The van der Waals surface area contributed by atoms with Gasteiger partial charge in [0.15, 0.2) is 0 Å². The summed E-state index contributed by atoms with van der Waals surface area (Å²) in [6.45, 7) is 6.34. The molecule has 0 bridgehead atoms. The molecule has 2 aromatic heterocycles. The van der Waals surface area contributed by atoms with Crippen LogP contribution in [0.2, 0.25) is 0 Å². The second kappa shape index (κ2) is 9.52. The number of hydrogen-bond donors (Lipinski definition) is 1. The third kappa shape index (κ3) is 4.67. The van der Waals surface area contributed by atoms with Crippen LogP contribution in [-0.2, 0) is 11.3 Å². The predicted octanol–water partition coefficient (Wildman–Crippen LogP) is 1.87. The van der Waals surface area contributed by atoms with Crippen molar-refractivity contribution >= 4 is 11.4 Å². The van der Waals surface area contributed by atoms with Crippen molar-refractivity contribution in [3.8, 4) is 17.0 Å². The quantitative estimate of drug-likeness (QED) is 0.605. The van der Waals surface area contributed by atoms with Crippen molar-refractivity contribution in [2.24, 2.45) is 0 Å². The van der Waals surface area contributed by atoms with Crippen LogP contribution in [-0.4, -0.2) is 63.0 Å². The Hall–Kier alpha value is -3.20. The van der Waals surface area contributed by atoms with Crippen molar-refractivity contribution in [3.05, 3.63) is 46.5 Å². The van der Waals surface area contributed by atoms with Gasteiger partial charge < -0.3 is 10.1 Å². The lowest BCUT2D eigenvalue weighted by molar-refractivity contribution is -0.122. The maximum Gasteiger partial charge on any atom is 0.293 e. The van der Waals surface area contributed by atoms with Gasteiger partial charge in [0.1, 0.15) is 23.6 Å². The number of nitrogens with zero attached hydrogens (tertiary/aromatic N) is 5. The minimum absolute atomic E-state index is 0.116. The van der Waals surface area contributed by atoms with Gasteiger partial charge in [0.2, 0.25) is 5.91 Å². The first-order valence-corrected chi connectivity index (χ1v) is 11.1. The molecule has 3 heterocycles. The molecule has 1 aliphatic rings. The topological polar surface area (TPSA) is 93.8 Å². The van der Waals surface area contributed by atoms with Crippen LogP contribution in [0.3, 0.4) is 0 Å². The summed E-state index contributed by atoms with van der Waals surface area (Å²) in [6.07, 6.45) is 3.69. The van der Waals surface area contributed by atoms with Crippen LogP contribution in [0.25, 0.3) is 16.8 Å². The van der Waals surface area contributed by atoms with Crippen molar-refractivity contribution in [1.29, 1.82) is 0 Å². The highest BCUT2D eigenvalue weighted by Gasteiger charge is 2.18. The summed E-state index contributed by atoms with van der Waals surface area (Å²) in [6, 6.07) is 9.74. The van der Waals surface area contributed by atoms with Crippen molar-refractivity contribution in [1.82, 2.24) is 29.6 Å². The molecule has 9 heteroatoms. The van der Waals surface area contributed by atoms with E-state index in [1.54, 1.807) is 20.1 Å². The summed E-state index contributed by atoms with van der Waals surface area (Å²) in [5.74, 6) is 1.07. The third-order valence-corrected chi connectivity index (χ3v) is 6.08. The Morgan fingerprint density at radius 2 is 2.00 bits per heavy atom. The number of carbonyl (C=O) groups excluding carboxylic acids is 1. The molecule has 1 amide bonds. The summed E-state index contributed by atoms with van der Waals surface area (Å²) in [7, 11) is 1.61. The largest absolute Gasteiger partial charge is 0.497 e. The van der Waals surface area contributed by atoms with Gasteiger partial charge in [-0.3, -0.25) is 14.5 Å². The Bertz CT molecular complexity index is 1150. The first-order valence-electron chi connectivity index (χ1n) is 11.1. The number of aromatic nitrogens is 4. The molecule has 1 aliphatic heterocycles. The summed E-state index contributed by atoms with van der Waals surface area (Å²) in [4.78, 5) is 27.8. The van der Waals surface area contributed by atoms with Crippen molar-refractivity contribution in [2.75, 3.05) is 26.7 Å². The molecule has 4 rings (SSSR count). The molecule has 3 aromatic rings. The fraction of sp³-hybridized carbons (Fsp3) is 0.478. The molecule has 9 nitrogen and oxygen atoms in total. The molecule has 1 atom stereocenters. The SMILES string of the molecule is COc1ccc(-c2cc3c(=O)n(CC(=O)NCCN4CCCCC4C)nc(C)n3n2)cc1. The number of likely N-dealkylation sites (tertiary alicyclic amines) is 1. The number of nitrogens with one attached hydrogen (secondary N) is 1. The molecule has 1 unspecified atom stereocenters. The van der Waals surface area contributed by atoms with E-state index in [-0.39, 0.29) is 18.0 Å². The lowest BCUT2D eigenvalue weighted by Gasteiger charge is -2.33. The maximum atomic E-state index is 13.0. The monoisotopic (exact) mass is 438 g/mol. The summed E-state index contributed by atoms with van der Waals surface area (Å²) in [5, 5.41) is 11.7. The lowest BCUT2D eigenvalue weighted by atomic mass is 10.0. The van der Waals surface area contributed by atoms with Crippen molar-refractivity contribution < 1.29 is 9.53 Å². The molecule has 1 N–H and O–H groups in total. The van der Waals surface area contributed by atoms with E-state index in [1.165, 1.54) is 28.5 Å². The average Bonchev–Trinajstić information content (AvgIpc) is 3.25. The number of carbonyl (C=O) groups is 1. The molecule has 1 aromatic carbocycles. The van der Waals surface area contributed by atoms with E-state index in [0.29, 0.717) is 29.6 Å². The molecule has 170 valence electrons. The number of ether oxygens (including phenoxy) is 1. The Balaban J connectivity index is 1.46. The molecule has 0 saturated carbocycles. The molecular weight excluding hydrogens is 408 g/mol. The highest BCUT2D eigenvalue weighted by atomic mass is 16.5. The number of rotatable bonds is 7. The Kier molecular flexibility index (Phi) is 6.55. The zero-order valence-corrected chi connectivity index (χ0v) is 18.9. The summed E-state index contributed by atoms with van der Waals surface area (Å²) < 4.78 is 7.93. The van der Waals surface area contributed by atoms with E-state index in [2.05, 4.69) is 27.3 Å². The van der Waals surface area contributed by atoms with E-state index >= 15 is 0 Å². The third-order valence-electron chi connectivity index (χ3n) is 6.08. The smallest absolute Gasteiger partial charge is 0.293 e. The van der Waals surface area contributed by atoms with Crippen LogP contribution in [0.1, 0.15) is 32.0 Å². The minimum Gasteiger partial charge on any atom is -0.497 e. The van der Waals surface area contributed by atoms with E-state index in [4.69, 9.17) is 4.74 Å². The zero-order valence-electron chi connectivity index (χ0n) is 18.9. The van der Waals surface area contributed by atoms with Crippen LogP contribution in [0.15, 0.2) is 35.1 Å². The van der Waals surface area contributed by atoms with Crippen molar-refractivity contribution in [2.45, 2.75) is 45.7 Å². The normalized spacial score (nSPS) is 16.9. The van der Waals surface area contributed by atoms with Gasteiger partial charge in [-0.25, -0.2) is 9.20 Å². The molecule has 1 fully saturated rings. The molecular formula is C23H30N6O3. The second-order valence-corrected chi connectivity index (χ2v) is 8.30. The molecule has 0 aliphatic carbocycles. The second-order valence-electron chi connectivity index (χ2n) is 8.30. The van der Waals surface area contributed by atoms with Gasteiger partial charge in [-0.15, -0.1) is 0 Å². The molecule has 0 spiro atoms. The highest BCUT2D eigenvalue weighted by Crippen LogP contribution is 2.22. The predicted molar refractivity (Wildman–Crippen MR) is 122 cm³/mol. The van der Waals surface area contributed by atoms with Gasteiger partial charge in [-0.05, 0) is 63.6 Å². The number of hydrogen-bond acceptors (Lipinski definition) is 6. The van der Waals surface area contributed by atoms with Gasteiger partial charge in [-0.1, -0.05) is 6.42 Å². The van der Waals surface area contributed by atoms with Crippen LogP contribution in [0.5, 0.6) is 5.75 Å². The zero-order chi connectivity index (χ0) is 22.7. The van der Waals surface area contributed by atoms with Crippen LogP contribution >= 0.6 is 0 Å². The molecule has 0 radical (unpaired) electrons. The number of fused-ring (bicyclic) bond motifs is 1. The van der Waals surface area contributed by atoms with Gasteiger partial charge >= 0.3 is 0 Å². The summed E-state index contributed by atoms with van der Waals surface area (Å²) >= 11 is 0. The molecule has 1 saturated heterocycles. The number of aryl methyl sites for hydroxylation is 1. The number of benzene rings is 1. The van der Waals surface area contributed by atoms with Crippen LogP contribution < -0.4 is 15.6 Å². The fourth-order valence-electron chi connectivity index (χ4n) is 4.21. The number of piperidine rings is 1. The standard InChI is InChI=1S/C23H30N6O3/c1-16-6-4-5-12-27(16)13-11-24-22(30)15-28-23(31)21-14-20(26-29(21)17(2)25-28)18-7-9-19(32-3)10-8-18/h7-10,14,16H,4-6,11-13,15H2,1-3H3,(H,24,30). The number of amides is 1. The van der Waals surface area contributed by atoms with Crippen LogP contribution in [0, 0.1) is 6.92 Å². The van der Waals surface area contributed by atoms with E-state index in [9.17, 15) is 9.59 Å². The van der Waals surface area contributed by atoms with Gasteiger partial charge in [0.05, 0.1) is 12.8 Å². The fourth-order valence-corrected chi connectivity index (χ4v) is 4.21. The first-order chi connectivity index (χ1) is 15.5. The van der Waals surface area contributed by atoms with E-state index in [0.717, 1.165) is 24.4 Å². The Morgan fingerprint density at radius 3 is 2.72 bits per heavy atom. The van der Waals surface area contributed by atoms with E-state index in [1.807, 2.05) is 24.3 Å². The van der Waals surface area contributed by atoms with Crippen LogP contribution in [0.4, 0.5) is 0 Å². The number of methoxy groups -OCH3 is 1. The van der Waals surface area contributed by atoms with Gasteiger partial charge in [0.25, 0.3) is 5.56 Å². The Morgan fingerprint density at radius 1 is 1.22 bits per heavy atom. The average molecular weight is 439 g/mol. The summed E-state index contributed by atoms with van der Waals surface area (Å²) in [5.41, 5.74) is 1.57. The molecule has 32 heavy (non-hydrogen) atoms. The van der Waals surface area contributed by atoms with Gasteiger partial charge in [0, 0.05) is 24.7 Å². The van der Waals surface area contributed by atoms with E-state index < -0.39 is 0 Å². The highest BCUT2D eigenvalue weighted by molar-refractivity contribution is 5.75. The van der Waals surface area contributed by atoms with Gasteiger partial charge in [-0.2, -0.15) is 10.2 Å².